The average molecular weight is 252 g/mol. The molecule has 0 aromatic heterocycles. The van der Waals surface area contributed by atoms with Gasteiger partial charge < -0.3 is 12.6 Å². The second kappa shape index (κ2) is 10.9. The van der Waals surface area contributed by atoms with E-state index in [-0.39, 0.29) is 47.2 Å². The van der Waals surface area contributed by atoms with E-state index in [0.717, 1.165) is 19.3 Å². The zero-order valence-electron chi connectivity index (χ0n) is 10.8. The number of hydrogen-bond acceptors (Lipinski definition) is 2. The van der Waals surface area contributed by atoms with Gasteiger partial charge in [0.2, 0.25) is 0 Å². The summed E-state index contributed by atoms with van der Waals surface area (Å²) in [5.41, 5.74) is 0. The van der Waals surface area contributed by atoms with Crippen molar-refractivity contribution in [1.82, 2.24) is 0 Å². The van der Waals surface area contributed by atoms with Crippen LogP contribution < -0.4 is 0 Å². The summed E-state index contributed by atoms with van der Waals surface area (Å²) in [4.78, 5) is 16.7. The van der Waals surface area contributed by atoms with Gasteiger partial charge in [-0.3, -0.25) is 4.52 Å². The molecule has 14 heavy (non-hydrogen) atoms. The van der Waals surface area contributed by atoms with Crippen molar-refractivity contribution in [2.24, 2.45) is 0 Å². The van der Waals surface area contributed by atoms with Crippen molar-refractivity contribution < 1.29 is 21.7 Å². The SMILES string of the molecule is CCCCCCCCOP(=O)(O)O.[Ca+2].[H-].[H-]. The molecule has 0 aliphatic carbocycles. The summed E-state index contributed by atoms with van der Waals surface area (Å²) in [5.74, 6) is 0. The molecule has 6 heteroatoms. The van der Waals surface area contributed by atoms with Crippen molar-refractivity contribution in [3.05, 3.63) is 0 Å². The Labute approximate surface area is 119 Å². The third-order valence-electron chi connectivity index (χ3n) is 1.76. The Morgan fingerprint density at radius 1 is 1.14 bits per heavy atom. The maximum atomic E-state index is 10.2. The van der Waals surface area contributed by atoms with Crippen LogP contribution in [-0.4, -0.2) is 54.1 Å². The summed E-state index contributed by atoms with van der Waals surface area (Å²) < 4.78 is 14.5. The van der Waals surface area contributed by atoms with E-state index in [1.165, 1.54) is 19.3 Å². The molecule has 4 nitrogen and oxygen atoms in total. The predicted molar refractivity (Wildman–Crippen MR) is 59.4 cm³/mol. The monoisotopic (exact) mass is 252 g/mol. The molecule has 0 aromatic rings. The van der Waals surface area contributed by atoms with Crippen LogP contribution in [0, 0.1) is 0 Å². The zero-order chi connectivity index (χ0) is 10.2. The van der Waals surface area contributed by atoms with Crippen LogP contribution in [0.15, 0.2) is 0 Å². The smallest absolute Gasteiger partial charge is 1.00 e. The van der Waals surface area contributed by atoms with Gasteiger partial charge in [-0.25, -0.2) is 4.57 Å². The first-order chi connectivity index (χ1) is 6.06. The van der Waals surface area contributed by atoms with Crippen LogP contribution in [0.4, 0.5) is 0 Å². The minimum absolute atomic E-state index is 0. The molecule has 0 fully saturated rings. The van der Waals surface area contributed by atoms with Gasteiger partial charge in [-0.2, -0.15) is 0 Å². The van der Waals surface area contributed by atoms with Gasteiger partial charge in [0, 0.05) is 0 Å². The van der Waals surface area contributed by atoms with Crippen molar-refractivity contribution in [3.8, 4) is 0 Å². The normalized spacial score (nSPS) is 11.1. The fraction of sp³-hybridized carbons (Fsp3) is 1.00. The summed E-state index contributed by atoms with van der Waals surface area (Å²) in [6, 6.07) is 0. The van der Waals surface area contributed by atoms with Gasteiger partial charge in [-0.15, -0.1) is 0 Å². The second-order valence-corrected chi connectivity index (χ2v) is 4.33. The summed E-state index contributed by atoms with van der Waals surface area (Å²) in [6.45, 7) is 2.31. The predicted octanol–water partition coefficient (Wildman–Crippen LogP) is 2.30. The van der Waals surface area contributed by atoms with E-state index >= 15 is 0 Å². The number of hydrogen-bond donors (Lipinski definition) is 2. The summed E-state index contributed by atoms with van der Waals surface area (Å²) in [6.07, 6.45) is 6.48. The first kappa shape index (κ1) is 17.8. The fourth-order valence-electron chi connectivity index (χ4n) is 1.07. The first-order valence-corrected chi connectivity index (χ1v) is 6.29. The second-order valence-electron chi connectivity index (χ2n) is 3.09. The Kier molecular flexibility index (Phi) is 13.8. The number of rotatable bonds is 8. The minimum Gasteiger partial charge on any atom is -1.00 e. The van der Waals surface area contributed by atoms with Crippen molar-refractivity contribution in [2.45, 2.75) is 45.4 Å². The van der Waals surface area contributed by atoms with E-state index in [2.05, 4.69) is 11.4 Å². The molecule has 0 atom stereocenters. The fourth-order valence-corrected chi connectivity index (χ4v) is 1.43. The zero-order valence-corrected chi connectivity index (χ0v) is 11.9. The van der Waals surface area contributed by atoms with Crippen molar-refractivity contribution in [1.29, 1.82) is 0 Å². The van der Waals surface area contributed by atoms with Gasteiger partial charge in [-0.1, -0.05) is 39.0 Å². The Bertz CT molecular complexity index is 168. The van der Waals surface area contributed by atoms with Gasteiger partial charge >= 0.3 is 45.6 Å². The molecule has 0 spiro atoms. The Balaban J connectivity index is -0.000000240. The van der Waals surface area contributed by atoms with Gasteiger partial charge in [0.25, 0.3) is 0 Å². The molecule has 0 amide bonds. The molecule has 0 bridgehead atoms. The van der Waals surface area contributed by atoms with E-state index in [4.69, 9.17) is 9.79 Å². The quantitative estimate of drug-likeness (QED) is 0.395. The Morgan fingerprint density at radius 2 is 1.64 bits per heavy atom. The molecule has 84 valence electrons. The topological polar surface area (TPSA) is 66.8 Å². The Morgan fingerprint density at radius 3 is 2.14 bits per heavy atom. The van der Waals surface area contributed by atoms with Crippen LogP contribution >= 0.6 is 7.82 Å². The van der Waals surface area contributed by atoms with Crippen LogP contribution in [0.3, 0.4) is 0 Å². The molecule has 0 rings (SSSR count). The third kappa shape index (κ3) is 15.8. The molecule has 0 heterocycles. The molecule has 0 radical (unpaired) electrons. The van der Waals surface area contributed by atoms with Gasteiger partial charge in [-0.05, 0) is 6.42 Å². The van der Waals surface area contributed by atoms with Gasteiger partial charge in [0.05, 0.1) is 6.61 Å². The molecule has 0 saturated carbocycles. The standard InChI is InChI=1S/C8H19O4P.Ca.2H/c1-2-3-4-5-6-7-8-12-13(9,10)11;;;/h2-8H2,1H3,(H2,9,10,11);;;/q;+2;2*-1. The molecule has 0 saturated heterocycles. The van der Waals surface area contributed by atoms with Gasteiger partial charge in [0.1, 0.15) is 0 Å². The molecule has 0 aliphatic heterocycles. The maximum Gasteiger partial charge on any atom is 2.00 e. The summed E-state index contributed by atoms with van der Waals surface area (Å²) in [7, 11) is -4.23. The first-order valence-electron chi connectivity index (χ1n) is 4.76. The molecule has 0 aliphatic rings. The molecular weight excluding hydrogens is 231 g/mol. The van der Waals surface area contributed by atoms with E-state index in [1.54, 1.807) is 0 Å². The minimum atomic E-state index is -4.23. The number of phosphoric acid groups is 1. The van der Waals surface area contributed by atoms with Crippen LogP contribution in [0.25, 0.3) is 0 Å². The number of phosphoric ester groups is 1. The summed E-state index contributed by atoms with van der Waals surface area (Å²) >= 11 is 0. The molecular formula is C8H21CaO4P. The largest absolute Gasteiger partial charge is 2.00 e. The summed E-state index contributed by atoms with van der Waals surface area (Å²) in [5, 5.41) is 0. The van der Waals surface area contributed by atoms with E-state index in [9.17, 15) is 4.57 Å². The van der Waals surface area contributed by atoms with E-state index in [0.29, 0.717) is 0 Å². The van der Waals surface area contributed by atoms with Crippen molar-refractivity contribution in [2.75, 3.05) is 6.61 Å². The molecule has 2 N–H and O–H groups in total. The molecule has 0 aromatic carbocycles. The van der Waals surface area contributed by atoms with Crippen LogP contribution in [0.2, 0.25) is 0 Å². The van der Waals surface area contributed by atoms with Crippen molar-refractivity contribution >= 4 is 45.6 Å². The number of unbranched alkanes of at least 4 members (excludes halogenated alkanes) is 5. The van der Waals surface area contributed by atoms with Crippen LogP contribution in [0.1, 0.15) is 48.3 Å². The molecule has 0 unspecified atom stereocenters. The van der Waals surface area contributed by atoms with E-state index in [1.807, 2.05) is 0 Å². The maximum absolute atomic E-state index is 10.2. The van der Waals surface area contributed by atoms with E-state index < -0.39 is 7.82 Å². The van der Waals surface area contributed by atoms with Crippen LogP contribution in [-0.2, 0) is 9.09 Å². The van der Waals surface area contributed by atoms with Crippen LogP contribution in [0.5, 0.6) is 0 Å². The average Bonchev–Trinajstić information content (AvgIpc) is 2.01. The third-order valence-corrected chi connectivity index (χ3v) is 2.28. The Hall–Kier alpha value is 1.37. The van der Waals surface area contributed by atoms with Crippen molar-refractivity contribution in [3.63, 3.8) is 0 Å². The van der Waals surface area contributed by atoms with Gasteiger partial charge in [0.15, 0.2) is 0 Å².